The van der Waals surface area contributed by atoms with E-state index in [1.54, 1.807) is 23.0 Å². The Balaban J connectivity index is 1.26. The Bertz CT molecular complexity index is 1660. The predicted molar refractivity (Wildman–Crippen MR) is 204 cm³/mol. The second kappa shape index (κ2) is 18.9. The number of carbonyl (C=O) groups is 3. The minimum Gasteiger partial charge on any atom is -0.444 e. The first-order valence-corrected chi connectivity index (χ1v) is 19.8. The smallest absolute Gasteiger partial charge is 0.407 e. The number of nitrogens with one attached hydrogen (secondary N) is 2. The van der Waals surface area contributed by atoms with Crippen LogP contribution in [0, 0.1) is 11.8 Å². The van der Waals surface area contributed by atoms with Gasteiger partial charge in [-0.15, -0.1) is 22.7 Å². The lowest BCUT2D eigenvalue weighted by molar-refractivity contribution is -0.122. The molecule has 3 unspecified atom stereocenters. The molecule has 0 aliphatic heterocycles. The van der Waals surface area contributed by atoms with Gasteiger partial charge in [0, 0.05) is 36.0 Å². The molecule has 2 heterocycles. The average Bonchev–Trinajstić information content (AvgIpc) is 3.59. The second-order valence-corrected chi connectivity index (χ2v) is 16.1. The number of aromatic nitrogens is 2. The molecule has 0 spiro atoms. The normalized spacial score (nSPS) is 14.5. The number of rotatable bonds is 19. The van der Waals surface area contributed by atoms with Gasteiger partial charge in [-0.2, -0.15) is 0 Å². The molecule has 4 aromatic rings. The summed E-state index contributed by atoms with van der Waals surface area (Å²) in [5, 5.41) is 9.34. The maximum Gasteiger partial charge on any atom is 0.407 e. The van der Waals surface area contributed by atoms with Gasteiger partial charge in [0.15, 0.2) is 5.78 Å². The van der Waals surface area contributed by atoms with Crippen molar-refractivity contribution in [2.24, 2.45) is 11.8 Å². The number of carbonyl (C=O) groups excluding carboxylic acids is 3. The molecule has 2 N–H and O–H groups in total. The fourth-order valence-corrected chi connectivity index (χ4v) is 7.61. The summed E-state index contributed by atoms with van der Waals surface area (Å²) in [4.78, 5) is 52.4. The highest BCUT2D eigenvalue weighted by Gasteiger charge is 2.36. The van der Waals surface area contributed by atoms with Crippen molar-refractivity contribution in [2.45, 2.75) is 110 Å². The topological polar surface area (TPSA) is 114 Å². The number of amides is 3. The monoisotopic (exact) mass is 729 g/mol. The van der Waals surface area contributed by atoms with Crippen LogP contribution in [0.2, 0.25) is 0 Å². The van der Waals surface area contributed by atoms with Gasteiger partial charge in [-0.1, -0.05) is 88.4 Å². The van der Waals surface area contributed by atoms with Crippen LogP contribution in [0.25, 0.3) is 0 Å². The van der Waals surface area contributed by atoms with Crippen molar-refractivity contribution < 1.29 is 19.1 Å². The van der Waals surface area contributed by atoms with Gasteiger partial charge in [-0.3, -0.25) is 9.78 Å². The number of thiazole rings is 2. The molecular weight excluding hydrogens is 679 g/mol. The van der Waals surface area contributed by atoms with Gasteiger partial charge in [-0.05, 0) is 61.5 Å². The van der Waals surface area contributed by atoms with Crippen molar-refractivity contribution >= 4 is 40.6 Å². The standard InChI is InChI=1S/C40H51N5O4S2/c1-27(2)37(44-39(47)45(34-17-18-34)23-33-25-50-38(42-33)28(3)4)36(46)21-31(19-29-11-7-5-8-12-29)15-16-32(20-30-13-9-6-10-14-30)43-40(48)49-24-35-22-41-26-51-35/h5-14,22,25-28,31-32,34,37H,15-21,23-24H2,1-4H3,(H,43,48)(H,44,47). The molecule has 0 saturated heterocycles. The van der Waals surface area contributed by atoms with E-state index in [1.165, 1.54) is 11.3 Å². The predicted octanol–water partition coefficient (Wildman–Crippen LogP) is 8.56. The van der Waals surface area contributed by atoms with Crippen molar-refractivity contribution in [3.63, 3.8) is 0 Å². The summed E-state index contributed by atoms with van der Waals surface area (Å²) in [5.41, 5.74) is 4.88. The quantitative estimate of drug-likeness (QED) is 0.100. The Kier molecular flexibility index (Phi) is 14.2. The number of alkyl carbamates (subject to hydrolysis) is 1. The lowest BCUT2D eigenvalue weighted by atomic mass is 9.85. The number of hydrogen-bond acceptors (Lipinski definition) is 8. The number of ketones is 1. The molecule has 1 fully saturated rings. The molecule has 272 valence electrons. The summed E-state index contributed by atoms with van der Waals surface area (Å²) in [6, 6.07) is 19.5. The Morgan fingerprint density at radius 3 is 2.18 bits per heavy atom. The first kappa shape index (κ1) is 38.1. The number of benzene rings is 2. The lowest BCUT2D eigenvalue weighted by Gasteiger charge is -2.29. The van der Waals surface area contributed by atoms with Crippen molar-refractivity contribution in [2.75, 3.05) is 0 Å². The molecule has 1 aliphatic carbocycles. The van der Waals surface area contributed by atoms with Crippen LogP contribution in [0.5, 0.6) is 0 Å². The van der Waals surface area contributed by atoms with E-state index in [1.807, 2.05) is 60.5 Å². The molecule has 11 heteroatoms. The van der Waals surface area contributed by atoms with Gasteiger partial charge >= 0.3 is 12.1 Å². The highest BCUT2D eigenvalue weighted by atomic mass is 32.1. The lowest BCUT2D eigenvalue weighted by Crippen LogP contribution is -2.51. The third kappa shape index (κ3) is 12.3. The first-order chi connectivity index (χ1) is 24.6. The molecule has 9 nitrogen and oxygen atoms in total. The number of urea groups is 1. The second-order valence-electron chi connectivity index (χ2n) is 14.2. The average molecular weight is 730 g/mol. The molecule has 51 heavy (non-hydrogen) atoms. The van der Waals surface area contributed by atoms with E-state index in [9.17, 15) is 14.4 Å². The molecule has 1 saturated carbocycles. The largest absolute Gasteiger partial charge is 0.444 e. The zero-order valence-corrected chi connectivity index (χ0v) is 31.8. The van der Waals surface area contributed by atoms with E-state index < -0.39 is 12.1 Å². The van der Waals surface area contributed by atoms with Crippen molar-refractivity contribution in [3.8, 4) is 0 Å². The molecule has 0 bridgehead atoms. The van der Waals surface area contributed by atoms with Crippen LogP contribution in [0.1, 0.15) is 92.4 Å². The van der Waals surface area contributed by atoms with Crippen molar-refractivity contribution in [1.29, 1.82) is 0 Å². The molecular formula is C40H51N5O4S2. The summed E-state index contributed by atoms with van der Waals surface area (Å²) in [6.45, 7) is 8.84. The highest BCUT2D eigenvalue weighted by molar-refractivity contribution is 7.09. The van der Waals surface area contributed by atoms with Gasteiger partial charge in [0.05, 0.1) is 33.7 Å². The van der Waals surface area contributed by atoms with Gasteiger partial charge in [0.25, 0.3) is 0 Å². The van der Waals surface area contributed by atoms with Gasteiger partial charge in [0.2, 0.25) is 0 Å². The molecule has 2 aromatic carbocycles. The van der Waals surface area contributed by atoms with E-state index in [4.69, 9.17) is 9.72 Å². The van der Waals surface area contributed by atoms with Gasteiger partial charge in [0.1, 0.15) is 6.61 Å². The Labute approximate surface area is 310 Å². The van der Waals surface area contributed by atoms with Crippen LogP contribution in [0.15, 0.2) is 77.8 Å². The minimum absolute atomic E-state index is 0.00957. The van der Waals surface area contributed by atoms with E-state index in [0.717, 1.165) is 46.0 Å². The number of Topliss-reactive ketones (excluding diaryl/α,β-unsaturated/α-hetero) is 1. The third-order valence-electron chi connectivity index (χ3n) is 9.19. The molecule has 3 atom stereocenters. The molecule has 1 aliphatic rings. The van der Waals surface area contributed by atoms with Gasteiger partial charge < -0.3 is 20.3 Å². The molecule has 0 radical (unpaired) electrons. The Hall–Kier alpha value is -4.09. The van der Waals surface area contributed by atoms with Crippen LogP contribution >= 0.6 is 22.7 Å². The molecule has 2 aromatic heterocycles. The Morgan fingerprint density at radius 1 is 0.902 bits per heavy atom. The number of nitrogens with zero attached hydrogens (tertiary/aromatic N) is 3. The van der Waals surface area contributed by atoms with E-state index in [-0.39, 0.29) is 42.3 Å². The summed E-state index contributed by atoms with van der Waals surface area (Å²) in [6.07, 6.45) is 6.20. The summed E-state index contributed by atoms with van der Waals surface area (Å²) in [5.74, 6) is 0.302. The third-order valence-corrected chi connectivity index (χ3v) is 11.1. The maximum atomic E-state index is 14.1. The zero-order valence-electron chi connectivity index (χ0n) is 30.1. The summed E-state index contributed by atoms with van der Waals surface area (Å²) in [7, 11) is 0. The number of hydrogen-bond donors (Lipinski definition) is 2. The maximum absolute atomic E-state index is 14.1. The zero-order chi connectivity index (χ0) is 36.2. The summed E-state index contributed by atoms with van der Waals surface area (Å²) >= 11 is 3.07. The van der Waals surface area contributed by atoms with Crippen LogP contribution < -0.4 is 10.6 Å². The first-order valence-electron chi connectivity index (χ1n) is 18.1. The van der Waals surface area contributed by atoms with Crippen molar-refractivity contribution in [3.05, 3.63) is 104 Å². The van der Waals surface area contributed by atoms with E-state index >= 15 is 0 Å². The molecule has 3 amide bonds. The summed E-state index contributed by atoms with van der Waals surface area (Å²) < 4.78 is 5.52. The van der Waals surface area contributed by atoms with Gasteiger partial charge in [-0.25, -0.2) is 14.6 Å². The minimum atomic E-state index is -0.612. The molecule has 5 rings (SSSR count). The fraction of sp³-hybridized carbons (Fsp3) is 0.475. The SMILES string of the molecule is CC(C)c1nc(CN(C(=O)NC(C(=O)CC(CCC(Cc2ccccc2)NC(=O)OCc2cncs2)Cc2ccccc2)C(C)C)C2CC2)cs1. The van der Waals surface area contributed by atoms with E-state index in [2.05, 4.69) is 53.7 Å². The van der Waals surface area contributed by atoms with Crippen LogP contribution in [0.3, 0.4) is 0 Å². The highest BCUT2D eigenvalue weighted by Crippen LogP contribution is 2.30. The van der Waals surface area contributed by atoms with Crippen LogP contribution in [0.4, 0.5) is 9.59 Å². The Morgan fingerprint density at radius 2 is 1.59 bits per heavy atom. The van der Waals surface area contributed by atoms with Crippen LogP contribution in [-0.4, -0.2) is 50.9 Å². The fourth-order valence-electron chi connectivity index (χ4n) is 6.28. The van der Waals surface area contributed by atoms with E-state index in [0.29, 0.717) is 38.1 Å². The van der Waals surface area contributed by atoms with Crippen molar-refractivity contribution in [1.82, 2.24) is 25.5 Å². The van der Waals surface area contributed by atoms with Crippen LogP contribution in [-0.2, 0) is 35.5 Å². The number of ether oxygens (including phenoxy) is 1.